The highest BCUT2D eigenvalue weighted by molar-refractivity contribution is 7.52. The molecule has 1 aliphatic rings. The summed E-state index contributed by atoms with van der Waals surface area (Å²) in [6, 6.07) is 14.4. The standard InChI is InChI=1S/C27H31N3O8P2S/c1-19-6-10-21(11-7-19)24-15-29-23-4-2-3-5-25(23)41-27(29)30(24)16-38-26(31)22-12-8-20(9-13-22)14-28(17-39(32,33)34)18-40(35,36)37/h6-13,15H,2-5,14,16-18H2,1H3,(H3-,32,33,34,35,36,37)/p+1. The number of ether oxygens (including phenoxy) is 1. The zero-order chi connectivity index (χ0) is 29.4. The molecule has 0 aliphatic heterocycles. The molecule has 14 heteroatoms. The van der Waals surface area contributed by atoms with E-state index in [2.05, 4.69) is 34.9 Å². The SMILES string of the molecule is Cc1ccc(-c2cn3c4c(sc3[n+]2COC(=O)c2ccc(CN(CP(=O)(O)O)CP(=O)(O)O)cc2)CCCC4)cc1. The number of hydrogen-bond acceptors (Lipinski definition) is 6. The monoisotopic (exact) mass is 620 g/mol. The number of nitrogens with zero attached hydrogens (tertiary/aromatic N) is 3. The number of fused-ring (bicyclic) bond motifs is 3. The molecule has 0 saturated heterocycles. The molecule has 5 rings (SSSR count). The van der Waals surface area contributed by atoms with Crippen LogP contribution in [0.2, 0.25) is 0 Å². The molecular formula is C27H32N3O8P2S+. The molecule has 1 aliphatic carbocycles. The van der Waals surface area contributed by atoms with Gasteiger partial charge < -0.3 is 24.3 Å². The van der Waals surface area contributed by atoms with Crippen LogP contribution in [-0.2, 0) is 40.0 Å². The van der Waals surface area contributed by atoms with Crippen LogP contribution in [0.5, 0.6) is 0 Å². The van der Waals surface area contributed by atoms with Crippen LogP contribution >= 0.6 is 26.5 Å². The molecule has 218 valence electrons. The van der Waals surface area contributed by atoms with Crippen LogP contribution in [0.15, 0.2) is 54.7 Å². The highest BCUT2D eigenvalue weighted by Gasteiger charge is 2.29. The molecule has 2 aromatic carbocycles. The molecular weight excluding hydrogens is 588 g/mol. The van der Waals surface area contributed by atoms with Gasteiger partial charge in [0.05, 0.1) is 10.4 Å². The van der Waals surface area contributed by atoms with Crippen molar-refractivity contribution in [3.63, 3.8) is 0 Å². The highest BCUT2D eigenvalue weighted by atomic mass is 32.1. The van der Waals surface area contributed by atoms with E-state index >= 15 is 0 Å². The summed E-state index contributed by atoms with van der Waals surface area (Å²) in [7, 11) is -9.09. The van der Waals surface area contributed by atoms with E-state index in [9.17, 15) is 33.5 Å². The summed E-state index contributed by atoms with van der Waals surface area (Å²) in [5.74, 6) is -0.540. The predicted octanol–water partition coefficient (Wildman–Crippen LogP) is 4.03. The lowest BCUT2D eigenvalue weighted by atomic mass is 10.0. The zero-order valence-electron chi connectivity index (χ0n) is 22.4. The quantitative estimate of drug-likeness (QED) is 0.117. The molecule has 0 amide bonds. The van der Waals surface area contributed by atoms with E-state index in [1.165, 1.54) is 29.1 Å². The normalized spacial score (nSPS) is 14.0. The van der Waals surface area contributed by atoms with E-state index in [4.69, 9.17) is 4.74 Å². The second-order valence-electron chi connectivity index (χ2n) is 10.3. The Balaban J connectivity index is 1.34. The molecule has 0 spiro atoms. The van der Waals surface area contributed by atoms with E-state index < -0.39 is 33.7 Å². The Kier molecular flexibility index (Phi) is 8.66. The molecule has 2 aromatic heterocycles. The summed E-state index contributed by atoms with van der Waals surface area (Å²) in [6.45, 7) is 1.93. The Hall–Kier alpha value is -2.66. The second kappa shape index (κ2) is 11.9. The first-order valence-electron chi connectivity index (χ1n) is 13.1. The third-order valence-electron chi connectivity index (χ3n) is 6.91. The van der Waals surface area contributed by atoms with Gasteiger partial charge in [0.25, 0.3) is 0 Å². The van der Waals surface area contributed by atoms with Crippen molar-refractivity contribution in [1.29, 1.82) is 0 Å². The summed E-state index contributed by atoms with van der Waals surface area (Å²) < 4.78 is 32.9. The van der Waals surface area contributed by atoms with Gasteiger partial charge in [0.1, 0.15) is 24.5 Å². The topological polar surface area (TPSA) is 153 Å². The average molecular weight is 621 g/mol. The van der Waals surface area contributed by atoms with Gasteiger partial charge in [0, 0.05) is 18.5 Å². The molecule has 0 radical (unpaired) electrons. The van der Waals surface area contributed by atoms with Crippen molar-refractivity contribution in [2.75, 3.05) is 12.6 Å². The van der Waals surface area contributed by atoms with Crippen LogP contribution in [-0.4, -0.2) is 47.4 Å². The van der Waals surface area contributed by atoms with Crippen molar-refractivity contribution in [3.8, 4) is 11.3 Å². The number of benzene rings is 2. The van der Waals surface area contributed by atoms with E-state index in [0.717, 1.165) is 45.9 Å². The van der Waals surface area contributed by atoms with Crippen LogP contribution in [0.25, 0.3) is 16.2 Å². The lowest BCUT2D eigenvalue weighted by molar-refractivity contribution is -0.691. The summed E-state index contributed by atoms with van der Waals surface area (Å²) in [5.41, 5.74) is 5.24. The highest BCUT2D eigenvalue weighted by Crippen LogP contribution is 2.41. The maximum atomic E-state index is 13.0. The molecule has 2 heterocycles. The lowest BCUT2D eigenvalue weighted by Gasteiger charge is -2.23. The first-order chi connectivity index (χ1) is 19.4. The fourth-order valence-corrected chi connectivity index (χ4v) is 7.98. The minimum atomic E-state index is -4.55. The minimum absolute atomic E-state index is 0.0119. The van der Waals surface area contributed by atoms with Crippen LogP contribution in [0.1, 0.15) is 44.9 Å². The van der Waals surface area contributed by atoms with Gasteiger partial charge in [-0.2, -0.15) is 8.97 Å². The number of hydrogen-bond donors (Lipinski definition) is 4. The minimum Gasteiger partial charge on any atom is -0.421 e. The smallest absolute Gasteiger partial charge is 0.349 e. The summed E-state index contributed by atoms with van der Waals surface area (Å²) in [6.07, 6.45) is 4.89. The number of thiazole rings is 1. The third kappa shape index (κ3) is 7.41. The molecule has 0 fully saturated rings. The maximum Gasteiger partial charge on any atom is 0.349 e. The number of carbonyl (C=O) groups excluding carboxylic acids is 1. The number of aryl methyl sites for hydroxylation is 3. The van der Waals surface area contributed by atoms with Gasteiger partial charge >= 0.3 is 26.1 Å². The van der Waals surface area contributed by atoms with Gasteiger partial charge in [0.15, 0.2) is 5.69 Å². The zero-order valence-corrected chi connectivity index (χ0v) is 25.0. The Morgan fingerprint density at radius 1 is 0.976 bits per heavy atom. The molecule has 0 saturated carbocycles. The van der Waals surface area contributed by atoms with Crippen molar-refractivity contribution in [2.24, 2.45) is 0 Å². The Morgan fingerprint density at radius 2 is 1.61 bits per heavy atom. The van der Waals surface area contributed by atoms with Crippen molar-refractivity contribution >= 4 is 37.5 Å². The van der Waals surface area contributed by atoms with Crippen molar-refractivity contribution in [3.05, 3.63) is 82.0 Å². The molecule has 41 heavy (non-hydrogen) atoms. The van der Waals surface area contributed by atoms with E-state index in [-0.39, 0.29) is 18.8 Å². The van der Waals surface area contributed by atoms with Gasteiger partial charge in [-0.25, -0.2) is 4.79 Å². The summed E-state index contributed by atoms with van der Waals surface area (Å²) in [4.78, 5) is 53.5. The Labute approximate surface area is 241 Å². The van der Waals surface area contributed by atoms with E-state index in [1.807, 2.05) is 11.5 Å². The van der Waals surface area contributed by atoms with Gasteiger partial charge in [-0.15, -0.1) is 0 Å². The van der Waals surface area contributed by atoms with E-state index in [1.54, 1.807) is 23.5 Å². The fourth-order valence-electron chi connectivity index (χ4n) is 5.07. The summed E-state index contributed by atoms with van der Waals surface area (Å²) in [5, 5.41) is 0. The predicted molar refractivity (Wildman–Crippen MR) is 154 cm³/mol. The molecule has 11 nitrogen and oxygen atoms in total. The van der Waals surface area contributed by atoms with Crippen LogP contribution in [0, 0.1) is 6.92 Å². The first kappa shape index (κ1) is 29.8. The summed E-state index contributed by atoms with van der Waals surface area (Å²) >= 11 is 1.73. The largest absolute Gasteiger partial charge is 0.421 e. The lowest BCUT2D eigenvalue weighted by Crippen LogP contribution is -2.37. The third-order valence-corrected chi connectivity index (χ3v) is 9.73. The van der Waals surface area contributed by atoms with Gasteiger partial charge in [-0.3, -0.25) is 14.0 Å². The van der Waals surface area contributed by atoms with Gasteiger partial charge in [0.2, 0.25) is 6.73 Å². The Bertz CT molecular complexity index is 1630. The first-order valence-corrected chi connectivity index (χ1v) is 17.5. The van der Waals surface area contributed by atoms with Gasteiger partial charge in [-0.1, -0.05) is 53.3 Å². The molecule has 4 N–H and O–H groups in total. The molecule has 0 bridgehead atoms. The Morgan fingerprint density at radius 3 is 2.24 bits per heavy atom. The average Bonchev–Trinajstić information content (AvgIpc) is 3.42. The number of imidazole rings is 1. The van der Waals surface area contributed by atoms with Crippen molar-refractivity contribution in [1.82, 2.24) is 9.30 Å². The van der Waals surface area contributed by atoms with E-state index in [0.29, 0.717) is 5.56 Å². The maximum absolute atomic E-state index is 13.0. The van der Waals surface area contributed by atoms with Crippen LogP contribution in [0.3, 0.4) is 0 Å². The number of carbonyl (C=O) groups is 1. The van der Waals surface area contributed by atoms with Crippen molar-refractivity contribution < 1.29 is 42.8 Å². The van der Waals surface area contributed by atoms with Crippen molar-refractivity contribution in [2.45, 2.75) is 45.9 Å². The molecule has 0 atom stereocenters. The van der Waals surface area contributed by atoms with Crippen LogP contribution in [0.4, 0.5) is 0 Å². The number of rotatable bonds is 10. The number of esters is 1. The number of aromatic nitrogens is 2. The second-order valence-corrected chi connectivity index (χ2v) is 14.6. The molecule has 4 aromatic rings. The van der Waals surface area contributed by atoms with Crippen LogP contribution < -0.4 is 4.57 Å². The molecule has 0 unspecified atom stereocenters. The van der Waals surface area contributed by atoms with Gasteiger partial charge in [-0.05, 0) is 43.9 Å². The fraction of sp³-hybridized carbons (Fsp3) is 0.333.